The van der Waals surface area contributed by atoms with Gasteiger partial charge < -0.3 is 14.5 Å². The maximum Gasteiger partial charge on any atom is 0.250 e. The van der Waals surface area contributed by atoms with Crippen molar-refractivity contribution >= 4 is 23.6 Å². The fourth-order valence-corrected chi connectivity index (χ4v) is 6.93. The van der Waals surface area contributed by atoms with E-state index in [1.807, 2.05) is 43.9 Å². The summed E-state index contributed by atoms with van der Waals surface area (Å²) in [6.45, 7) is 9.99. The Kier molecular flexibility index (Phi) is 4.58. The molecule has 0 radical (unpaired) electrons. The molecule has 5 rings (SSSR count). The molecule has 3 saturated heterocycles. The number of carbonyl (C=O) groups is 2. The summed E-state index contributed by atoms with van der Waals surface area (Å²) in [6, 6.07) is 4.39. The number of tetrazole rings is 1. The van der Waals surface area contributed by atoms with E-state index < -0.39 is 17.7 Å². The number of aromatic amines is 1. The molecule has 1 aromatic heterocycles. The predicted molar refractivity (Wildman–Crippen MR) is 118 cm³/mol. The van der Waals surface area contributed by atoms with Crippen LogP contribution in [0, 0.1) is 6.92 Å². The highest BCUT2D eigenvalue weighted by atomic mass is 32.2. The molecule has 2 aromatic rings. The fraction of sp³-hybridized carbons (Fsp3) is 0.571. The van der Waals surface area contributed by atoms with Crippen LogP contribution in [0.2, 0.25) is 0 Å². The van der Waals surface area contributed by atoms with Crippen molar-refractivity contribution < 1.29 is 14.3 Å². The van der Waals surface area contributed by atoms with E-state index in [9.17, 15) is 9.59 Å². The van der Waals surface area contributed by atoms with E-state index in [2.05, 4.69) is 39.8 Å². The highest BCUT2D eigenvalue weighted by Gasteiger charge is 2.67. The smallest absolute Gasteiger partial charge is 0.250 e. The molecule has 2 N–H and O–H groups in total. The number of benzene rings is 1. The molecule has 0 saturated carbocycles. The molecule has 0 aliphatic carbocycles. The van der Waals surface area contributed by atoms with E-state index in [4.69, 9.17) is 4.74 Å². The number of ether oxygens (including phenoxy) is 1. The molecule has 10 nitrogen and oxygen atoms in total. The third-order valence-corrected chi connectivity index (χ3v) is 8.21. The third-order valence-electron chi connectivity index (χ3n) is 6.65. The number of methoxy groups -OCH3 is 1. The number of H-pyrrole nitrogens is 1. The molecule has 11 heteroatoms. The van der Waals surface area contributed by atoms with Gasteiger partial charge in [-0.15, -0.1) is 16.9 Å². The molecular weight excluding hydrogens is 430 g/mol. The zero-order chi connectivity index (χ0) is 23.0. The number of amides is 2. The topological polar surface area (TPSA) is 116 Å². The van der Waals surface area contributed by atoms with Gasteiger partial charge in [0.25, 0.3) is 0 Å². The van der Waals surface area contributed by atoms with Crippen LogP contribution >= 0.6 is 11.8 Å². The Morgan fingerprint density at radius 2 is 1.91 bits per heavy atom. The Morgan fingerprint density at radius 3 is 2.53 bits per heavy atom. The van der Waals surface area contributed by atoms with E-state index in [0.717, 1.165) is 16.9 Å². The maximum atomic E-state index is 13.6. The lowest BCUT2D eigenvalue weighted by atomic mass is 9.93. The van der Waals surface area contributed by atoms with Crippen molar-refractivity contribution in [3.63, 3.8) is 0 Å². The van der Waals surface area contributed by atoms with Gasteiger partial charge in [0.15, 0.2) is 5.82 Å². The Hall–Kier alpha value is -2.66. The van der Waals surface area contributed by atoms with E-state index in [1.54, 1.807) is 23.8 Å². The largest absolute Gasteiger partial charge is 0.496 e. The Bertz CT molecular complexity index is 1090. The standard InChI is InChI=1S/C21H27N7O3S/c1-10-9-11(7-8-12(10)31-6)13-17(29)28(21(4,5)22-13)14-18(30)27-15(16-23-25-26-24-16)20(2,3)32-19(14)27/h7-9,13-15,19,22H,1-6H3,(H,23,24,25,26). The Labute approximate surface area is 190 Å². The monoisotopic (exact) mass is 457 g/mol. The lowest BCUT2D eigenvalue weighted by Crippen LogP contribution is -2.71. The van der Waals surface area contributed by atoms with Gasteiger partial charge in [-0.3, -0.25) is 14.9 Å². The number of aryl methyl sites for hydroxylation is 1. The van der Waals surface area contributed by atoms with Crippen LogP contribution in [0.25, 0.3) is 0 Å². The maximum absolute atomic E-state index is 13.6. The SMILES string of the molecule is COc1ccc(C2NC(C)(C)N(C3C(=O)N4C3SC(C)(C)C4c3nnn[nH]3)C2=O)cc1C. The Balaban J connectivity index is 1.45. The summed E-state index contributed by atoms with van der Waals surface area (Å²) in [5.74, 6) is 1.16. The number of nitrogens with one attached hydrogen (secondary N) is 2. The summed E-state index contributed by atoms with van der Waals surface area (Å²) in [5.41, 5.74) is 1.13. The van der Waals surface area contributed by atoms with Crippen molar-refractivity contribution in [3.8, 4) is 5.75 Å². The first-order chi connectivity index (χ1) is 15.1. The molecule has 3 aliphatic rings. The molecule has 4 atom stereocenters. The number of hydrogen-bond acceptors (Lipinski definition) is 8. The van der Waals surface area contributed by atoms with E-state index in [1.165, 1.54) is 0 Å². The normalized spacial score (nSPS) is 30.4. The molecule has 3 fully saturated rings. The zero-order valence-electron chi connectivity index (χ0n) is 18.9. The summed E-state index contributed by atoms with van der Waals surface area (Å²) >= 11 is 1.68. The van der Waals surface area contributed by atoms with E-state index in [0.29, 0.717) is 5.82 Å². The van der Waals surface area contributed by atoms with Gasteiger partial charge >= 0.3 is 0 Å². The molecule has 4 heterocycles. The second-order valence-electron chi connectivity index (χ2n) is 9.56. The number of β-lactam (4-membered cyclic amide) rings is 1. The van der Waals surface area contributed by atoms with Crippen LogP contribution in [0.4, 0.5) is 0 Å². The fourth-order valence-electron chi connectivity index (χ4n) is 5.25. The highest BCUT2D eigenvalue weighted by molar-refractivity contribution is 8.01. The Morgan fingerprint density at radius 1 is 1.16 bits per heavy atom. The number of nitrogens with zero attached hydrogens (tertiary/aromatic N) is 5. The lowest BCUT2D eigenvalue weighted by molar-refractivity contribution is -0.165. The quantitative estimate of drug-likeness (QED) is 0.664. The minimum Gasteiger partial charge on any atom is -0.496 e. The van der Waals surface area contributed by atoms with Gasteiger partial charge in [-0.2, -0.15) is 0 Å². The second kappa shape index (κ2) is 6.92. The molecule has 3 aliphatic heterocycles. The van der Waals surface area contributed by atoms with E-state index in [-0.39, 0.29) is 28.0 Å². The molecule has 2 amide bonds. The van der Waals surface area contributed by atoms with Crippen molar-refractivity contribution in [2.75, 3.05) is 7.11 Å². The molecule has 0 spiro atoms. The summed E-state index contributed by atoms with van der Waals surface area (Å²) < 4.78 is 5.05. The molecule has 1 aromatic carbocycles. The number of aromatic nitrogens is 4. The van der Waals surface area contributed by atoms with Crippen LogP contribution in [0.5, 0.6) is 5.75 Å². The third kappa shape index (κ3) is 2.87. The summed E-state index contributed by atoms with van der Waals surface area (Å²) in [4.78, 5) is 30.6. The number of fused-ring (bicyclic) bond motifs is 1. The van der Waals surface area contributed by atoms with Gasteiger partial charge in [-0.25, -0.2) is 5.10 Å². The van der Waals surface area contributed by atoms with Gasteiger partial charge in [0.05, 0.1) is 12.8 Å². The van der Waals surface area contributed by atoms with Gasteiger partial charge in [0.2, 0.25) is 11.8 Å². The molecule has 0 bridgehead atoms. The molecule has 4 unspecified atom stereocenters. The number of hydrogen-bond donors (Lipinski definition) is 2. The molecule has 32 heavy (non-hydrogen) atoms. The molecular formula is C21H27N7O3S. The molecule has 170 valence electrons. The first-order valence-corrected chi connectivity index (χ1v) is 11.4. The van der Waals surface area contributed by atoms with Crippen molar-refractivity contribution in [2.45, 2.75) is 68.5 Å². The summed E-state index contributed by atoms with van der Waals surface area (Å²) in [7, 11) is 1.63. The van der Waals surface area contributed by atoms with Crippen molar-refractivity contribution in [3.05, 3.63) is 35.2 Å². The van der Waals surface area contributed by atoms with Gasteiger partial charge in [0, 0.05) is 4.75 Å². The van der Waals surface area contributed by atoms with Gasteiger partial charge in [0.1, 0.15) is 29.2 Å². The summed E-state index contributed by atoms with van der Waals surface area (Å²) in [6.07, 6.45) is 0. The van der Waals surface area contributed by atoms with Crippen LogP contribution in [-0.2, 0) is 9.59 Å². The van der Waals surface area contributed by atoms with Crippen LogP contribution < -0.4 is 10.1 Å². The average Bonchev–Trinajstić information content (AvgIpc) is 3.39. The highest BCUT2D eigenvalue weighted by Crippen LogP contribution is 2.58. The number of carbonyl (C=O) groups excluding carboxylic acids is 2. The van der Waals surface area contributed by atoms with Crippen molar-refractivity contribution in [1.82, 2.24) is 35.7 Å². The van der Waals surface area contributed by atoms with Gasteiger partial charge in [-0.05, 0) is 62.2 Å². The number of thioether (sulfide) groups is 1. The van der Waals surface area contributed by atoms with Crippen LogP contribution in [-0.4, -0.2) is 71.2 Å². The summed E-state index contributed by atoms with van der Waals surface area (Å²) in [5, 5.41) is 17.5. The number of rotatable bonds is 4. The van der Waals surface area contributed by atoms with Crippen LogP contribution in [0.3, 0.4) is 0 Å². The van der Waals surface area contributed by atoms with Crippen LogP contribution in [0.15, 0.2) is 18.2 Å². The van der Waals surface area contributed by atoms with Crippen LogP contribution in [0.1, 0.15) is 56.7 Å². The second-order valence-corrected chi connectivity index (χ2v) is 11.3. The zero-order valence-corrected chi connectivity index (χ0v) is 19.7. The van der Waals surface area contributed by atoms with Gasteiger partial charge in [-0.1, -0.05) is 12.1 Å². The minimum atomic E-state index is -0.682. The first kappa shape index (κ1) is 21.2. The van der Waals surface area contributed by atoms with Crippen molar-refractivity contribution in [2.24, 2.45) is 0 Å². The lowest BCUT2D eigenvalue weighted by Gasteiger charge is -2.50. The van der Waals surface area contributed by atoms with E-state index >= 15 is 0 Å². The average molecular weight is 458 g/mol. The van der Waals surface area contributed by atoms with Crippen molar-refractivity contribution in [1.29, 1.82) is 0 Å². The predicted octanol–water partition coefficient (Wildman–Crippen LogP) is 1.53. The minimum absolute atomic E-state index is 0.0794. The first-order valence-electron chi connectivity index (χ1n) is 10.6.